The molecule has 0 spiro atoms. The minimum absolute atomic E-state index is 0.150. The summed E-state index contributed by atoms with van der Waals surface area (Å²) in [7, 11) is 0. The summed E-state index contributed by atoms with van der Waals surface area (Å²) in [5.41, 5.74) is 17.4. The summed E-state index contributed by atoms with van der Waals surface area (Å²) in [6, 6.07) is 82.3. The predicted octanol–water partition coefficient (Wildman–Crippen LogP) is 17.8. The third-order valence-corrected chi connectivity index (χ3v) is 14.0. The molecule has 0 bridgehead atoms. The van der Waals surface area contributed by atoms with E-state index >= 15 is 0 Å². The molecule has 1 aliphatic carbocycles. The van der Waals surface area contributed by atoms with Crippen molar-refractivity contribution in [3.8, 4) is 44.5 Å². The highest BCUT2D eigenvalue weighted by atomic mass is 16.3. The van der Waals surface area contributed by atoms with Crippen molar-refractivity contribution in [2.45, 2.75) is 19.3 Å². The molecule has 0 radical (unpaired) electrons. The first-order chi connectivity index (χ1) is 32.0. The molecule has 1 aliphatic rings. The van der Waals surface area contributed by atoms with E-state index in [-0.39, 0.29) is 5.41 Å². The van der Waals surface area contributed by atoms with Crippen molar-refractivity contribution < 1.29 is 4.42 Å². The standard InChI is InChI=1S/C63H43NO/c1-63(2)57-26-13-11-23-51(57)52-31-29-47(39-58(52)63)64(48-36-44(40-16-5-3-6-17-40)34-45(37-48)41-18-7-4-8-19-41)46-21-15-20-42(35-46)43-28-30-50-49-22-9-10-24-53(49)61-54(56(50)38-43)32-33-60-62(61)55-25-12-14-27-59(55)65-60/h3-39H,1-2H3. The minimum atomic E-state index is -0.150. The number of rotatable bonds is 6. The molecule has 0 unspecified atom stereocenters. The highest BCUT2D eigenvalue weighted by molar-refractivity contribution is 6.34. The molecule has 13 rings (SSSR count). The summed E-state index contributed by atoms with van der Waals surface area (Å²) in [5.74, 6) is 0. The number of furan rings is 1. The maximum absolute atomic E-state index is 6.44. The minimum Gasteiger partial charge on any atom is -0.456 e. The smallest absolute Gasteiger partial charge is 0.136 e. The predicted molar refractivity (Wildman–Crippen MR) is 275 cm³/mol. The van der Waals surface area contributed by atoms with Crippen LogP contribution in [0.15, 0.2) is 229 Å². The molecule has 0 atom stereocenters. The van der Waals surface area contributed by atoms with Crippen molar-refractivity contribution in [2.24, 2.45) is 0 Å². The zero-order valence-corrected chi connectivity index (χ0v) is 36.2. The molecule has 1 heterocycles. The van der Waals surface area contributed by atoms with Crippen molar-refractivity contribution in [1.82, 2.24) is 0 Å². The first-order valence-corrected chi connectivity index (χ1v) is 22.6. The number of nitrogens with zero attached hydrogens (tertiary/aromatic N) is 1. The number of benzene rings is 11. The molecule has 12 aromatic rings. The Morgan fingerprint density at radius 2 is 0.877 bits per heavy atom. The van der Waals surface area contributed by atoms with Crippen LogP contribution >= 0.6 is 0 Å². The van der Waals surface area contributed by atoms with Gasteiger partial charge in [-0.2, -0.15) is 0 Å². The van der Waals surface area contributed by atoms with E-state index in [1.165, 1.54) is 87.8 Å². The number of anilines is 3. The van der Waals surface area contributed by atoms with Crippen LogP contribution < -0.4 is 4.90 Å². The van der Waals surface area contributed by atoms with E-state index < -0.39 is 0 Å². The number of hydrogen-bond acceptors (Lipinski definition) is 2. The third-order valence-electron chi connectivity index (χ3n) is 14.0. The zero-order valence-electron chi connectivity index (χ0n) is 36.2. The maximum Gasteiger partial charge on any atom is 0.136 e. The highest BCUT2D eigenvalue weighted by Crippen LogP contribution is 2.51. The summed E-state index contributed by atoms with van der Waals surface area (Å²) < 4.78 is 6.44. The second-order valence-electron chi connectivity index (χ2n) is 18.1. The van der Waals surface area contributed by atoms with Crippen molar-refractivity contribution in [2.75, 3.05) is 4.90 Å². The SMILES string of the molecule is CC1(C)c2ccccc2-c2ccc(N(c3cccc(-c4ccc5c6ccccc6c6c(ccc7oc8ccccc8c76)c5c4)c3)c3cc(-c4ccccc4)cc(-c4ccccc4)c3)cc21. The van der Waals surface area contributed by atoms with Gasteiger partial charge in [-0.1, -0.05) is 172 Å². The lowest BCUT2D eigenvalue weighted by Crippen LogP contribution is -2.16. The fourth-order valence-corrected chi connectivity index (χ4v) is 10.9. The number of fused-ring (bicyclic) bond motifs is 13. The van der Waals surface area contributed by atoms with Crippen molar-refractivity contribution >= 4 is 71.3 Å². The Hall–Kier alpha value is -8.20. The molecule has 0 aliphatic heterocycles. The van der Waals surface area contributed by atoms with E-state index in [4.69, 9.17) is 4.42 Å². The lowest BCUT2D eigenvalue weighted by Gasteiger charge is -2.29. The van der Waals surface area contributed by atoms with Crippen LogP contribution in [0.25, 0.3) is 98.8 Å². The zero-order chi connectivity index (χ0) is 43.2. The Morgan fingerprint density at radius 1 is 0.308 bits per heavy atom. The molecule has 1 aromatic heterocycles. The first kappa shape index (κ1) is 37.4. The lowest BCUT2D eigenvalue weighted by atomic mass is 9.82. The van der Waals surface area contributed by atoms with Gasteiger partial charge in [-0.05, 0) is 149 Å². The largest absolute Gasteiger partial charge is 0.456 e. The van der Waals surface area contributed by atoms with E-state index in [0.717, 1.165) is 39.2 Å². The van der Waals surface area contributed by atoms with Crippen LogP contribution in [0.3, 0.4) is 0 Å². The van der Waals surface area contributed by atoms with Gasteiger partial charge in [0.05, 0.1) is 0 Å². The van der Waals surface area contributed by atoms with Gasteiger partial charge in [0, 0.05) is 38.6 Å². The second kappa shape index (κ2) is 14.4. The van der Waals surface area contributed by atoms with Gasteiger partial charge in [-0.25, -0.2) is 0 Å². The Labute approximate surface area is 378 Å². The van der Waals surface area contributed by atoms with E-state index in [1.54, 1.807) is 0 Å². The van der Waals surface area contributed by atoms with Crippen LogP contribution in [0, 0.1) is 0 Å². The summed E-state index contributed by atoms with van der Waals surface area (Å²) in [4.78, 5) is 2.46. The van der Waals surface area contributed by atoms with Crippen molar-refractivity contribution in [1.29, 1.82) is 0 Å². The quantitative estimate of drug-likeness (QED) is 0.155. The lowest BCUT2D eigenvalue weighted by molar-refractivity contribution is 0.660. The van der Waals surface area contributed by atoms with E-state index in [9.17, 15) is 0 Å². The van der Waals surface area contributed by atoms with Gasteiger partial charge in [0.15, 0.2) is 0 Å². The molecule has 306 valence electrons. The Morgan fingerprint density at radius 3 is 1.66 bits per heavy atom. The van der Waals surface area contributed by atoms with Gasteiger partial charge in [0.1, 0.15) is 11.2 Å². The van der Waals surface area contributed by atoms with Crippen LogP contribution in [-0.4, -0.2) is 0 Å². The molecule has 0 saturated carbocycles. The molecule has 11 aromatic carbocycles. The van der Waals surface area contributed by atoms with Gasteiger partial charge >= 0.3 is 0 Å². The summed E-state index contributed by atoms with van der Waals surface area (Å²) in [6.07, 6.45) is 0. The summed E-state index contributed by atoms with van der Waals surface area (Å²) >= 11 is 0. The average molecular weight is 830 g/mol. The average Bonchev–Trinajstić information content (AvgIpc) is 3.86. The van der Waals surface area contributed by atoms with Crippen LogP contribution in [0.2, 0.25) is 0 Å². The maximum atomic E-state index is 6.44. The highest BCUT2D eigenvalue weighted by Gasteiger charge is 2.36. The normalized spacial score (nSPS) is 12.9. The van der Waals surface area contributed by atoms with Crippen LogP contribution in [0.1, 0.15) is 25.0 Å². The molecule has 0 fully saturated rings. The van der Waals surface area contributed by atoms with Gasteiger partial charge < -0.3 is 9.32 Å². The second-order valence-corrected chi connectivity index (χ2v) is 18.1. The molecule has 0 amide bonds. The van der Waals surface area contributed by atoms with Crippen molar-refractivity contribution in [3.63, 3.8) is 0 Å². The Bertz CT molecular complexity index is 3800. The van der Waals surface area contributed by atoms with Gasteiger partial charge in [-0.3, -0.25) is 0 Å². The first-order valence-electron chi connectivity index (χ1n) is 22.6. The summed E-state index contributed by atoms with van der Waals surface area (Å²) in [6.45, 7) is 4.73. The van der Waals surface area contributed by atoms with E-state index in [0.29, 0.717) is 0 Å². The third kappa shape index (κ3) is 5.88. The van der Waals surface area contributed by atoms with Crippen LogP contribution in [-0.2, 0) is 5.41 Å². The van der Waals surface area contributed by atoms with Gasteiger partial charge in [0.2, 0.25) is 0 Å². The molecule has 65 heavy (non-hydrogen) atoms. The van der Waals surface area contributed by atoms with Crippen molar-refractivity contribution in [3.05, 3.63) is 236 Å². The van der Waals surface area contributed by atoms with Crippen LogP contribution in [0.5, 0.6) is 0 Å². The van der Waals surface area contributed by atoms with E-state index in [2.05, 4.69) is 237 Å². The Balaban J connectivity index is 1.03. The van der Waals surface area contributed by atoms with Crippen LogP contribution in [0.4, 0.5) is 17.1 Å². The van der Waals surface area contributed by atoms with E-state index in [1.807, 2.05) is 6.07 Å². The molecule has 0 N–H and O–H groups in total. The molecule has 2 heteroatoms. The number of para-hydroxylation sites is 1. The fourth-order valence-electron chi connectivity index (χ4n) is 10.9. The number of hydrogen-bond donors (Lipinski definition) is 0. The molecule has 0 saturated heterocycles. The molecular formula is C63H43NO. The Kier molecular flexibility index (Phi) is 8.29. The topological polar surface area (TPSA) is 16.4 Å². The van der Waals surface area contributed by atoms with Gasteiger partial charge in [0.25, 0.3) is 0 Å². The monoisotopic (exact) mass is 829 g/mol. The fraction of sp³-hybridized carbons (Fsp3) is 0.0476. The summed E-state index contributed by atoms with van der Waals surface area (Å²) in [5, 5.41) is 9.75. The van der Waals surface area contributed by atoms with Gasteiger partial charge in [-0.15, -0.1) is 0 Å². The molecular weight excluding hydrogens is 787 g/mol. The molecule has 2 nitrogen and oxygen atoms in total.